The van der Waals surface area contributed by atoms with Gasteiger partial charge in [-0.2, -0.15) is 0 Å². The molecule has 0 saturated heterocycles. The fourth-order valence-electron chi connectivity index (χ4n) is 4.79. The molecule has 1 amide bonds. The van der Waals surface area contributed by atoms with Gasteiger partial charge in [0.25, 0.3) is 11.5 Å². The highest BCUT2D eigenvalue weighted by molar-refractivity contribution is 7.07. The summed E-state index contributed by atoms with van der Waals surface area (Å²) >= 11 is 7.28. The SMILES string of the molecule is CCN(CC)C(=O)C1=C(C)N=c2s/c(=C/c3ccc(-c4ccc(Cl)cc4)o3)c(=O)n2[C@H]1c1ccccc1OC. The number of benzene rings is 2. The summed E-state index contributed by atoms with van der Waals surface area (Å²) in [5.41, 5.74) is 2.40. The zero-order chi connectivity index (χ0) is 27.7. The molecule has 4 aromatic rings. The summed E-state index contributed by atoms with van der Waals surface area (Å²) in [5.74, 6) is 1.65. The highest BCUT2D eigenvalue weighted by atomic mass is 35.5. The first-order valence-corrected chi connectivity index (χ1v) is 13.9. The van der Waals surface area contributed by atoms with Crippen molar-refractivity contribution >= 4 is 34.9 Å². The van der Waals surface area contributed by atoms with Gasteiger partial charge in [0.15, 0.2) is 4.80 Å². The Labute approximate surface area is 234 Å². The van der Waals surface area contributed by atoms with Crippen LogP contribution in [0.5, 0.6) is 5.75 Å². The van der Waals surface area contributed by atoms with Gasteiger partial charge in [0.1, 0.15) is 23.3 Å². The van der Waals surface area contributed by atoms with Gasteiger partial charge in [-0.15, -0.1) is 0 Å². The van der Waals surface area contributed by atoms with E-state index in [2.05, 4.69) is 0 Å². The Morgan fingerprint density at radius 2 is 1.85 bits per heavy atom. The molecule has 0 radical (unpaired) electrons. The molecule has 39 heavy (non-hydrogen) atoms. The monoisotopic (exact) mass is 561 g/mol. The molecular weight excluding hydrogens is 534 g/mol. The van der Waals surface area contributed by atoms with Crippen LogP contribution in [-0.4, -0.2) is 35.6 Å². The van der Waals surface area contributed by atoms with E-state index in [4.69, 9.17) is 25.7 Å². The third-order valence-electron chi connectivity index (χ3n) is 6.77. The number of halogens is 1. The maximum Gasteiger partial charge on any atom is 0.271 e. The maximum atomic E-state index is 13.9. The number of rotatable bonds is 7. The van der Waals surface area contributed by atoms with Gasteiger partial charge in [-0.25, -0.2) is 4.99 Å². The van der Waals surface area contributed by atoms with Crippen LogP contribution in [0.2, 0.25) is 5.02 Å². The van der Waals surface area contributed by atoms with Crippen LogP contribution in [0.1, 0.15) is 38.1 Å². The Kier molecular flexibility index (Phi) is 7.59. The quantitative estimate of drug-likeness (QED) is 0.317. The first kappa shape index (κ1) is 26.7. The summed E-state index contributed by atoms with van der Waals surface area (Å²) < 4.78 is 13.7. The minimum atomic E-state index is -0.686. The Bertz CT molecular complexity index is 1740. The van der Waals surface area contributed by atoms with E-state index in [1.165, 1.54) is 11.3 Å². The number of hydrogen-bond donors (Lipinski definition) is 0. The molecule has 0 saturated carbocycles. The van der Waals surface area contributed by atoms with Crippen LogP contribution in [0, 0.1) is 0 Å². The van der Waals surface area contributed by atoms with Gasteiger partial charge in [-0.1, -0.05) is 41.1 Å². The lowest BCUT2D eigenvalue weighted by atomic mass is 9.94. The van der Waals surface area contributed by atoms with E-state index in [-0.39, 0.29) is 11.5 Å². The number of amides is 1. The van der Waals surface area contributed by atoms with Gasteiger partial charge in [0.2, 0.25) is 0 Å². The summed E-state index contributed by atoms with van der Waals surface area (Å²) in [5, 5.41) is 0.644. The second kappa shape index (κ2) is 11.1. The average Bonchev–Trinajstić information content (AvgIpc) is 3.53. The number of nitrogens with zero attached hydrogens (tertiary/aromatic N) is 3. The largest absolute Gasteiger partial charge is 0.496 e. The number of allylic oxidation sites excluding steroid dienone is 1. The van der Waals surface area contributed by atoms with Crippen molar-refractivity contribution in [3.8, 4) is 17.1 Å². The average molecular weight is 562 g/mol. The number of carbonyl (C=O) groups is 1. The molecule has 0 bridgehead atoms. The Morgan fingerprint density at radius 1 is 1.13 bits per heavy atom. The number of carbonyl (C=O) groups excluding carboxylic acids is 1. The molecule has 0 spiro atoms. The fourth-order valence-corrected chi connectivity index (χ4v) is 5.94. The summed E-state index contributed by atoms with van der Waals surface area (Å²) in [4.78, 5) is 34.7. The van der Waals surface area contributed by atoms with Crippen molar-refractivity contribution in [2.24, 2.45) is 4.99 Å². The third kappa shape index (κ3) is 4.97. The third-order valence-corrected chi connectivity index (χ3v) is 8.00. The van der Waals surface area contributed by atoms with Crippen molar-refractivity contribution in [2.45, 2.75) is 26.8 Å². The van der Waals surface area contributed by atoms with Gasteiger partial charge < -0.3 is 14.1 Å². The molecular formula is C30H28ClN3O4S. The molecule has 7 nitrogen and oxygen atoms in total. The van der Waals surface area contributed by atoms with Gasteiger partial charge in [-0.3, -0.25) is 14.2 Å². The first-order valence-electron chi connectivity index (χ1n) is 12.7. The Balaban J connectivity index is 1.67. The minimum absolute atomic E-state index is 0.148. The second-order valence-corrected chi connectivity index (χ2v) is 10.5. The van der Waals surface area contributed by atoms with E-state index < -0.39 is 6.04 Å². The van der Waals surface area contributed by atoms with Gasteiger partial charge in [-0.05, 0) is 63.2 Å². The smallest absolute Gasteiger partial charge is 0.271 e. The Morgan fingerprint density at radius 3 is 2.54 bits per heavy atom. The van der Waals surface area contributed by atoms with E-state index in [0.29, 0.717) is 56.0 Å². The number of aromatic nitrogens is 1. The number of para-hydroxylation sites is 1. The molecule has 1 aliphatic heterocycles. The van der Waals surface area contributed by atoms with Crippen LogP contribution in [0.3, 0.4) is 0 Å². The molecule has 1 aliphatic rings. The first-order chi connectivity index (χ1) is 18.9. The zero-order valence-corrected chi connectivity index (χ0v) is 23.7. The van der Waals surface area contributed by atoms with Crippen LogP contribution < -0.4 is 19.6 Å². The van der Waals surface area contributed by atoms with E-state index in [9.17, 15) is 9.59 Å². The lowest BCUT2D eigenvalue weighted by Crippen LogP contribution is -2.43. The highest BCUT2D eigenvalue weighted by Gasteiger charge is 2.35. The van der Waals surface area contributed by atoms with Gasteiger partial charge in [0.05, 0.1) is 22.9 Å². The van der Waals surface area contributed by atoms with Gasteiger partial charge in [0, 0.05) is 35.3 Å². The normalized spacial score (nSPS) is 15.2. The summed E-state index contributed by atoms with van der Waals surface area (Å²) in [7, 11) is 1.58. The van der Waals surface area contributed by atoms with Crippen molar-refractivity contribution in [3.05, 3.63) is 108 Å². The van der Waals surface area contributed by atoms with Crippen LogP contribution in [-0.2, 0) is 4.79 Å². The number of methoxy groups -OCH3 is 1. The summed E-state index contributed by atoms with van der Waals surface area (Å²) in [6.07, 6.45) is 1.72. The van der Waals surface area contributed by atoms with Crippen molar-refractivity contribution in [3.63, 3.8) is 0 Å². The van der Waals surface area contributed by atoms with Crippen molar-refractivity contribution < 1.29 is 13.9 Å². The molecule has 9 heteroatoms. The topological polar surface area (TPSA) is 77.0 Å². The van der Waals surface area contributed by atoms with Crippen LogP contribution >= 0.6 is 22.9 Å². The van der Waals surface area contributed by atoms with Crippen LogP contribution in [0.25, 0.3) is 17.4 Å². The summed E-state index contributed by atoms with van der Waals surface area (Å²) in [6.45, 7) is 6.78. The highest BCUT2D eigenvalue weighted by Crippen LogP contribution is 2.36. The van der Waals surface area contributed by atoms with Crippen molar-refractivity contribution in [1.29, 1.82) is 0 Å². The lowest BCUT2D eigenvalue weighted by Gasteiger charge is -2.29. The van der Waals surface area contributed by atoms with Crippen LogP contribution in [0.15, 0.2) is 86.1 Å². The fraction of sp³-hybridized carbons (Fsp3) is 0.233. The molecule has 0 unspecified atom stereocenters. The van der Waals surface area contributed by atoms with E-state index >= 15 is 0 Å². The molecule has 0 N–H and O–H groups in total. The molecule has 200 valence electrons. The lowest BCUT2D eigenvalue weighted by molar-refractivity contribution is -0.127. The molecule has 2 aromatic carbocycles. The number of furan rings is 1. The number of likely N-dealkylation sites (N-methyl/N-ethyl adjacent to an activating group) is 1. The number of thiazole rings is 1. The van der Waals surface area contributed by atoms with E-state index in [0.717, 1.165) is 11.1 Å². The Hall–Kier alpha value is -3.88. The molecule has 2 aromatic heterocycles. The van der Waals surface area contributed by atoms with Gasteiger partial charge >= 0.3 is 0 Å². The predicted octanol–water partition coefficient (Wildman–Crippen LogP) is 5.03. The van der Waals surface area contributed by atoms with Crippen LogP contribution in [0.4, 0.5) is 0 Å². The minimum Gasteiger partial charge on any atom is -0.496 e. The maximum absolute atomic E-state index is 13.9. The number of fused-ring (bicyclic) bond motifs is 1. The number of hydrogen-bond acceptors (Lipinski definition) is 6. The molecule has 0 fully saturated rings. The van der Waals surface area contributed by atoms with Crippen molar-refractivity contribution in [1.82, 2.24) is 9.47 Å². The molecule has 0 aliphatic carbocycles. The zero-order valence-electron chi connectivity index (χ0n) is 22.1. The molecule has 3 heterocycles. The predicted molar refractivity (Wildman–Crippen MR) is 154 cm³/mol. The summed E-state index contributed by atoms with van der Waals surface area (Å²) in [6, 6.07) is 17.8. The van der Waals surface area contributed by atoms with E-state index in [1.54, 1.807) is 34.8 Å². The molecule has 1 atom stereocenters. The van der Waals surface area contributed by atoms with E-state index in [1.807, 2.05) is 69.3 Å². The van der Waals surface area contributed by atoms with Crippen molar-refractivity contribution in [2.75, 3.05) is 20.2 Å². The second-order valence-electron chi connectivity index (χ2n) is 9.01. The standard InChI is InChI=1S/C30H28ClN3O4S/c1-5-33(6-2)29(36)26-18(3)32-30-34(27(26)22-9-7-8-10-24(22)37-4)28(35)25(39-30)17-21-15-16-23(38-21)19-11-13-20(31)14-12-19/h7-17,27H,5-6H2,1-4H3/b25-17+/t27-/m0/s1. The number of ether oxygens (including phenoxy) is 1. The molecule has 5 rings (SSSR count).